The lowest BCUT2D eigenvalue weighted by atomic mass is 10.1. The molecule has 0 fully saturated rings. The summed E-state index contributed by atoms with van der Waals surface area (Å²) in [5.41, 5.74) is 18.4. The van der Waals surface area contributed by atoms with Crippen molar-refractivity contribution >= 4 is 265 Å². The summed E-state index contributed by atoms with van der Waals surface area (Å²) in [6.07, 6.45) is 0. The van der Waals surface area contributed by atoms with Crippen LogP contribution in [0.2, 0.25) is 0 Å². The third-order valence-corrected chi connectivity index (χ3v) is 24.3. The summed E-state index contributed by atoms with van der Waals surface area (Å²) in [6, 6.07) is 74.9. The monoisotopic (exact) mass is 1630 g/mol. The highest BCUT2D eigenvalue weighted by molar-refractivity contribution is 6.17. The molecule has 0 aliphatic carbocycles. The lowest BCUT2D eigenvalue weighted by Crippen LogP contribution is -1.83. The number of hydrogen-bond acceptors (Lipinski definition) is 22. The average Bonchev–Trinajstić information content (AvgIpc) is 1.59. The van der Waals surface area contributed by atoms with E-state index in [2.05, 4.69) is 74.1 Å². The van der Waals surface area contributed by atoms with Gasteiger partial charge in [0.1, 0.15) is 112 Å². The highest BCUT2D eigenvalue weighted by Crippen LogP contribution is 2.42. The second kappa shape index (κ2) is 24.4. The fourth-order valence-electron chi connectivity index (χ4n) is 18.4. The molecule has 6 N–H and O–H groups in total. The highest BCUT2D eigenvalue weighted by atomic mass is 16.3. The smallest absolute Gasteiger partial charge is 0.164 e. The average molecular weight is 1630 g/mol. The predicted molar refractivity (Wildman–Crippen MR) is 489 cm³/mol. The van der Waals surface area contributed by atoms with Crippen LogP contribution in [0.15, 0.2) is 248 Å². The molecule has 27 aromatic rings. The van der Waals surface area contributed by atoms with Gasteiger partial charge in [-0.25, -0.2) is 89.7 Å². The van der Waals surface area contributed by atoms with Crippen LogP contribution in [0.25, 0.3) is 311 Å². The molecule has 28 heteroatoms. The van der Waals surface area contributed by atoms with E-state index in [1.807, 2.05) is 200 Å². The van der Waals surface area contributed by atoms with E-state index in [4.69, 9.17) is 107 Å². The van der Waals surface area contributed by atoms with Gasteiger partial charge in [0.25, 0.3) is 0 Å². The molecule has 17 heterocycles. The molecule has 2 aliphatic heterocycles. The molecule has 0 unspecified atom stereocenters. The number of aryl methyl sites for hydroxylation is 2. The van der Waals surface area contributed by atoms with Crippen LogP contribution in [0.1, 0.15) is 11.1 Å². The summed E-state index contributed by atoms with van der Waals surface area (Å²) in [4.78, 5) is 118. The van der Waals surface area contributed by atoms with Crippen molar-refractivity contribution < 1.29 is 17.7 Å². The van der Waals surface area contributed by atoms with E-state index in [1.54, 1.807) is 0 Å². The van der Waals surface area contributed by atoms with Crippen LogP contribution < -0.4 is 0 Å². The molecule has 40 bridgehead atoms. The molecule has 29 rings (SSSR count). The third kappa shape index (κ3) is 9.97. The van der Waals surface area contributed by atoms with Gasteiger partial charge in [0, 0.05) is 130 Å². The first kappa shape index (κ1) is 66.8. The second-order valence-electron chi connectivity index (χ2n) is 32.1. The molecular weight excluding hydrogens is 1580 g/mol. The topological polar surface area (TPSA) is 379 Å². The van der Waals surface area contributed by atoms with Gasteiger partial charge in [0.05, 0.1) is 0 Å². The van der Waals surface area contributed by atoms with E-state index < -0.39 is 0 Å². The first-order valence-electron chi connectivity index (χ1n) is 40.7. The van der Waals surface area contributed by atoms with Crippen molar-refractivity contribution in [3.63, 3.8) is 0 Å². The Kier molecular flexibility index (Phi) is 12.9. The minimum absolute atomic E-state index is 0.333. The van der Waals surface area contributed by atoms with Crippen LogP contribution in [0, 0.1) is 13.8 Å². The number of hydrogen-bond donors (Lipinski definition) is 6. The summed E-state index contributed by atoms with van der Waals surface area (Å²) >= 11 is 0. The maximum Gasteiger partial charge on any atom is 0.164 e. The summed E-state index contributed by atoms with van der Waals surface area (Å²) in [5, 5.41) is 14.4. The highest BCUT2D eigenvalue weighted by Gasteiger charge is 2.26. The summed E-state index contributed by atoms with van der Waals surface area (Å²) in [5.74, 6) is 1.96. The number of nitrogens with one attached hydrogen (secondary N) is 6. The zero-order chi connectivity index (χ0) is 82.2. The van der Waals surface area contributed by atoms with Gasteiger partial charge in [0.15, 0.2) is 68.5 Å². The van der Waals surface area contributed by atoms with E-state index in [1.165, 1.54) is 0 Å². The van der Waals surface area contributed by atoms with E-state index >= 15 is 0 Å². The predicted octanol–water partition coefficient (Wildman–Crippen LogP) is 22.3. The van der Waals surface area contributed by atoms with Crippen molar-refractivity contribution in [2.75, 3.05) is 0 Å². The van der Waals surface area contributed by atoms with Crippen molar-refractivity contribution in [2.45, 2.75) is 13.8 Å². The molecule has 586 valence electrons. The molecule has 15 aromatic heterocycles. The largest absolute Gasteiger partial charge is 0.457 e. The molecule has 2 aliphatic rings. The molecular formula is C98H50N24O4. The summed E-state index contributed by atoms with van der Waals surface area (Å²) in [7, 11) is 0. The number of aromatic nitrogens is 24. The van der Waals surface area contributed by atoms with Gasteiger partial charge in [-0.3, -0.25) is 0 Å². The van der Waals surface area contributed by atoms with Gasteiger partial charge in [0.2, 0.25) is 0 Å². The zero-order valence-electron chi connectivity index (χ0n) is 65.6. The Labute approximate surface area is 699 Å². The van der Waals surface area contributed by atoms with Gasteiger partial charge in [-0.2, -0.15) is 0 Å². The standard InChI is InChI=1S/C98H50N24O4/c1-41-11-21-55-65(31-41)89-108-79(55)104-83-59-25-15-45-35-69(59)93(112-83)120-94-70-36-46(16-26-60(70)84(113-94)105-80-56-22-12-42(2)32-66(56)90(109-80)118-89)126-50-20-30-64-74(40-50)98-117-88(64)107-86-62-28-18-48-38-72(62)96(115-86)121-95-71-37-47(17-27-61(71)85(114-95)106-87-63-29-19-49(125-45)39-73(63)97(116-87)122-98)123-43-13-23-57-67(33-43)91-110-81(57)102-77-53-9-5-3-7-51(53)75(100-77)99-76-52-8-4-6-10-54(52)78(101-76)103-82-58-24-14-44(124-48)34-68(58)92(111-82)119-91/h3-40H,1-2H3,(H2,99,100,101,102,103,110,111,119)(H2,104,105,108,109,112,113,118,120)(H2,106,107,114,115,116,117,121,122). The van der Waals surface area contributed by atoms with E-state index in [-0.39, 0.29) is 0 Å². The molecule has 0 radical (unpaired) electrons. The van der Waals surface area contributed by atoms with E-state index in [0.717, 1.165) is 76.5 Å². The van der Waals surface area contributed by atoms with Crippen molar-refractivity contribution in [1.82, 2.24) is 120 Å². The molecule has 0 saturated carbocycles. The Morgan fingerprint density at radius 3 is 0.698 bits per heavy atom. The van der Waals surface area contributed by atoms with Crippen LogP contribution in [0.4, 0.5) is 0 Å². The fraction of sp³-hybridized carbons (Fsp3) is 0.0204. The Morgan fingerprint density at radius 2 is 0.373 bits per heavy atom. The SMILES string of the molecule is Cc1ccc2c(c1)-c1nc-2nc2[nH]c3nc4nc(nc5[nH]c(n1)c1cc(C)ccc51)c1ccc(cc41)oc1ccc4c5nc6nc7nc8[nH]c(nc9nc(nc([nH]5)c4c1)c1cc(ccc91)oc1ccc2c3c1)c1ccc(cc81)oc1ccc2c3nc(nc4[nH]c(nc5nc(nc8[nH]c(n3)c3ccccc83)-c3ccccc3-5)c3ccc(cc43)oc3ccc6c7c3)c2c1. The van der Waals surface area contributed by atoms with Gasteiger partial charge >= 0.3 is 0 Å². The Bertz CT molecular complexity index is 10200. The molecule has 12 aromatic carbocycles. The lowest BCUT2D eigenvalue weighted by Gasteiger charge is -1.99. The number of fused-ring (bicyclic) bond motifs is 44. The first-order valence-corrected chi connectivity index (χ1v) is 40.7. The lowest BCUT2D eigenvalue weighted by molar-refractivity contribution is 0.656. The van der Waals surface area contributed by atoms with Crippen LogP contribution in [-0.4, -0.2) is 120 Å². The minimum atomic E-state index is 0.333. The maximum atomic E-state index is 7.02. The Balaban J connectivity index is 0.708. The van der Waals surface area contributed by atoms with E-state index in [9.17, 15) is 0 Å². The first-order chi connectivity index (χ1) is 62.0. The molecule has 28 nitrogen and oxygen atoms in total. The summed E-state index contributed by atoms with van der Waals surface area (Å²) in [6.45, 7) is 4.12. The molecule has 126 heavy (non-hydrogen) atoms. The maximum absolute atomic E-state index is 7.02. The van der Waals surface area contributed by atoms with E-state index in [0.29, 0.717) is 246 Å². The minimum Gasteiger partial charge on any atom is -0.457 e. The number of rotatable bonds is 0. The fourth-order valence-corrected chi connectivity index (χ4v) is 18.4. The summed E-state index contributed by atoms with van der Waals surface area (Å²) < 4.78 is 28.1. The normalized spacial score (nSPS) is 12.5. The molecule has 0 spiro atoms. The van der Waals surface area contributed by atoms with Crippen LogP contribution in [0.5, 0.6) is 0 Å². The van der Waals surface area contributed by atoms with Gasteiger partial charge in [-0.1, -0.05) is 83.9 Å². The van der Waals surface area contributed by atoms with Gasteiger partial charge < -0.3 is 47.6 Å². The number of benzene rings is 12. The van der Waals surface area contributed by atoms with Crippen LogP contribution in [0.3, 0.4) is 0 Å². The van der Waals surface area contributed by atoms with Crippen molar-refractivity contribution in [2.24, 2.45) is 0 Å². The molecule has 0 atom stereocenters. The Hall–Kier alpha value is -18.1. The number of nitrogens with zero attached hydrogens (tertiary/aromatic N) is 18. The van der Waals surface area contributed by atoms with Crippen molar-refractivity contribution in [3.8, 4) is 45.6 Å². The molecule has 0 amide bonds. The number of aromatic amines is 6. The third-order valence-electron chi connectivity index (χ3n) is 24.3. The van der Waals surface area contributed by atoms with Crippen molar-refractivity contribution in [3.05, 3.63) is 242 Å². The second-order valence-corrected chi connectivity index (χ2v) is 32.1. The molecule has 0 saturated heterocycles. The Morgan fingerprint density at radius 1 is 0.159 bits per heavy atom. The van der Waals surface area contributed by atoms with Crippen molar-refractivity contribution in [1.29, 1.82) is 0 Å². The zero-order valence-corrected chi connectivity index (χ0v) is 65.6. The van der Waals surface area contributed by atoms with Crippen LogP contribution >= 0.6 is 0 Å². The number of H-pyrrole nitrogens is 6. The van der Waals surface area contributed by atoms with Crippen LogP contribution in [-0.2, 0) is 0 Å². The van der Waals surface area contributed by atoms with Gasteiger partial charge in [-0.05, 0) is 172 Å². The van der Waals surface area contributed by atoms with Gasteiger partial charge in [-0.15, -0.1) is 0 Å². The quantitative estimate of drug-likeness (QED) is 0.0821.